The lowest BCUT2D eigenvalue weighted by Gasteiger charge is -2.08. The first-order valence-corrected chi connectivity index (χ1v) is 7.90. The largest absolute Gasteiger partial charge is 0.283 e. The average Bonchev–Trinajstić information content (AvgIpc) is 3.21. The van der Waals surface area contributed by atoms with Crippen molar-refractivity contribution in [1.82, 2.24) is 24.1 Å². The third-order valence-electron chi connectivity index (χ3n) is 3.71. The van der Waals surface area contributed by atoms with E-state index in [1.807, 2.05) is 18.2 Å². The van der Waals surface area contributed by atoms with Crippen molar-refractivity contribution >= 4 is 34.2 Å². The molecule has 0 atom stereocenters. The highest BCUT2D eigenvalue weighted by Gasteiger charge is 2.12. The molecule has 0 aliphatic rings. The second-order valence-corrected chi connectivity index (χ2v) is 6.08. The number of halogens is 2. The molecule has 4 rings (SSSR count). The van der Waals surface area contributed by atoms with Crippen LogP contribution in [-0.2, 0) is 6.54 Å². The topological polar surface area (TPSA) is 57.6 Å². The van der Waals surface area contributed by atoms with Crippen LogP contribution < -0.4 is 5.56 Å². The van der Waals surface area contributed by atoms with Crippen LogP contribution in [0.1, 0.15) is 5.56 Å². The van der Waals surface area contributed by atoms with Crippen molar-refractivity contribution in [3.63, 3.8) is 0 Å². The van der Waals surface area contributed by atoms with E-state index in [1.165, 1.54) is 17.2 Å². The van der Waals surface area contributed by atoms with E-state index in [2.05, 4.69) is 10.1 Å². The van der Waals surface area contributed by atoms with Gasteiger partial charge in [-0.25, -0.2) is 14.3 Å². The van der Waals surface area contributed by atoms with Crippen LogP contribution in [0.2, 0.25) is 10.0 Å². The van der Waals surface area contributed by atoms with Crippen molar-refractivity contribution in [3.05, 3.63) is 81.2 Å². The zero-order valence-electron chi connectivity index (χ0n) is 12.3. The predicted octanol–water partition coefficient (Wildman–Crippen LogP) is 3.06. The first-order valence-electron chi connectivity index (χ1n) is 7.14. The molecule has 0 saturated heterocycles. The van der Waals surface area contributed by atoms with Crippen LogP contribution in [0.15, 0.2) is 60.0 Å². The van der Waals surface area contributed by atoms with E-state index >= 15 is 0 Å². The Balaban J connectivity index is 1.78. The summed E-state index contributed by atoms with van der Waals surface area (Å²) in [6.07, 6.45) is 6.54. The second-order valence-electron chi connectivity index (χ2n) is 5.23. The number of fused-ring (bicyclic) bond motifs is 1. The third-order valence-corrected chi connectivity index (χ3v) is 4.30. The van der Waals surface area contributed by atoms with Gasteiger partial charge in [0, 0.05) is 22.4 Å². The lowest BCUT2D eigenvalue weighted by Crippen LogP contribution is -2.25. The molecule has 0 amide bonds. The molecule has 4 aromatic rings. The number of hydrogen-bond donors (Lipinski definition) is 0. The van der Waals surface area contributed by atoms with Gasteiger partial charge in [0.15, 0.2) is 5.65 Å². The minimum absolute atomic E-state index is 0.190. The fourth-order valence-corrected chi connectivity index (χ4v) is 2.98. The van der Waals surface area contributed by atoms with Crippen LogP contribution in [0.3, 0.4) is 0 Å². The Morgan fingerprint density at radius 3 is 2.67 bits per heavy atom. The van der Waals surface area contributed by atoms with Gasteiger partial charge < -0.3 is 0 Å². The molecule has 24 heavy (non-hydrogen) atoms. The van der Waals surface area contributed by atoms with Crippen molar-refractivity contribution < 1.29 is 0 Å². The summed E-state index contributed by atoms with van der Waals surface area (Å²) >= 11 is 12.1. The normalized spacial score (nSPS) is 11.2. The molecule has 0 unspecified atom stereocenters. The smallest absolute Gasteiger partial charge is 0.267 e. The highest BCUT2D eigenvalue weighted by atomic mass is 35.5. The third kappa shape index (κ3) is 2.50. The summed E-state index contributed by atoms with van der Waals surface area (Å²) in [5.74, 6) is 0. The van der Waals surface area contributed by atoms with Gasteiger partial charge in [-0.3, -0.25) is 9.47 Å². The standard InChI is InChI=1S/C16H11Cl2N5O/c17-12-4-3-11(14(18)7-12)9-22-15-13(8-20-22)16(24)23(10-19-15)21-5-1-2-6-21/h1-8,10H,9H2. The first kappa shape index (κ1) is 15.0. The molecule has 3 aromatic heterocycles. The van der Waals surface area contributed by atoms with Crippen LogP contribution in [0, 0.1) is 0 Å². The van der Waals surface area contributed by atoms with Gasteiger partial charge in [-0.15, -0.1) is 0 Å². The minimum Gasteiger partial charge on any atom is -0.267 e. The van der Waals surface area contributed by atoms with Gasteiger partial charge in [0.25, 0.3) is 5.56 Å². The summed E-state index contributed by atoms with van der Waals surface area (Å²) in [7, 11) is 0. The Hall–Kier alpha value is -2.57. The molecule has 0 bridgehead atoms. The molecule has 0 N–H and O–H groups in total. The molecular formula is C16H11Cl2N5O. The van der Waals surface area contributed by atoms with E-state index in [9.17, 15) is 4.79 Å². The minimum atomic E-state index is -0.190. The SMILES string of the molecule is O=c1c2cnn(Cc3ccc(Cl)cc3Cl)c2ncn1-n1cccc1. The molecule has 6 nitrogen and oxygen atoms in total. The predicted molar refractivity (Wildman–Crippen MR) is 92.6 cm³/mol. The highest BCUT2D eigenvalue weighted by Crippen LogP contribution is 2.22. The number of nitrogens with zero attached hydrogens (tertiary/aromatic N) is 5. The molecule has 120 valence electrons. The lowest BCUT2D eigenvalue weighted by molar-refractivity contribution is 0.623. The number of benzene rings is 1. The summed E-state index contributed by atoms with van der Waals surface area (Å²) in [6.45, 7) is 0.402. The summed E-state index contributed by atoms with van der Waals surface area (Å²) < 4.78 is 4.72. The Kier molecular flexibility index (Phi) is 3.63. The van der Waals surface area contributed by atoms with Crippen molar-refractivity contribution in [2.24, 2.45) is 0 Å². The van der Waals surface area contributed by atoms with Gasteiger partial charge in [0.1, 0.15) is 11.7 Å². The van der Waals surface area contributed by atoms with Crippen LogP contribution in [0.25, 0.3) is 11.0 Å². The summed E-state index contributed by atoms with van der Waals surface area (Å²) in [5, 5.41) is 5.84. The fraction of sp³-hybridized carbons (Fsp3) is 0.0625. The zero-order valence-corrected chi connectivity index (χ0v) is 13.8. The Morgan fingerprint density at radius 2 is 1.92 bits per heavy atom. The monoisotopic (exact) mass is 359 g/mol. The van der Waals surface area contributed by atoms with E-state index in [-0.39, 0.29) is 5.56 Å². The molecular weight excluding hydrogens is 349 g/mol. The molecule has 0 spiro atoms. The van der Waals surface area contributed by atoms with E-state index in [0.29, 0.717) is 27.6 Å². The molecule has 1 aromatic carbocycles. The van der Waals surface area contributed by atoms with Crippen LogP contribution >= 0.6 is 23.2 Å². The maximum atomic E-state index is 12.6. The fourth-order valence-electron chi connectivity index (χ4n) is 2.51. The Bertz CT molecular complexity index is 1080. The summed E-state index contributed by atoms with van der Waals surface area (Å²) in [5.41, 5.74) is 1.17. The number of rotatable bonds is 3. The Labute approximate surface area is 146 Å². The molecule has 0 aliphatic heterocycles. The first-order chi connectivity index (χ1) is 11.6. The molecule has 3 heterocycles. The van der Waals surface area contributed by atoms with Crippen LogP contribution in [0.4, 0.5) is 0 Å². The quantitative estimate of drug-likeness (QED) is 0.564. The van der Waals surface area contributed by atoms with E-state index < -0.39 is 0 Å². The zero-order chi connectivity index (χ0) is 16.7. The van der Waals surface area contributed by atoms with Gasteiger partial charge >= 0.3 is 0 Å². The van der Waals surface area contributed by atoms with Crippen molar-refractivity contribution in [1.29, 1.82) is 0 Å². The van der Waals surface area contributed by atoms with Gasteiger partial charge in [-0.1, -0.05) is 29.3 Å². The van der Waals surface area contributed by atoms with Crippen molar-refractivity contribution in [3.8, 4) is 0 Å². The molecule has 8 heteroatoms. The Morgan fingerprint density at radius 1 is 1.12 bits per heavy atom. The molecule has 0 aliphatic carbocycles. The number of aromatic nitrogens is 5. The molecule has 0 radical (unpaired) electrons. The highest BCUT2D eigenvalue weighted by molar-refractivity contribution is 6.35. The lowest BCUT2D eigenvalue weighted by atomic mass is 10.2. The molecule has 0 fully saturated rings. The number of hydrogen-bond acceptors (Lipinski definition) is 3. The average molecular weight is 360 g/mol. The van der Waals surface area contributed by atoms with E-state index in [1.54, 1.807) is 33.9 Å². The van der Waals surface area contributed by atoms with Gasteiger partial charge in [0.2, 0.25) is 0 Å². The van der Waals surface area contributed by atoms with Gasteiger partial charge in [-0.2, -0.15) is 5.10 Å². The maximum Gasteiger partial charge on any atom is 0.283 e. The van der Waals surface area contributed by atoms with Crippen molar-refractivity contribution in [2.45, 2.75) is 6.54 Å². The summed E-state index contributed by atoms with van der Waals surface area (Å²) in [6, 6.07) is 8.95. The van der Waals surface area contributed by atoms with Gasteiger partial charge in [0.05, 0.1) is 12.7 Å². The van der Waals surface area contributed by atoms with Crippen LogP contribution in [-0.4, -0.2) is 24.1 Å². The van der Waals surface area contributed by atoms with E-state index in [4.69, 9.17) is 23.2 Å². The summed E-state index contributed by atoms with van der Waals surface area (Å²) in [4.78, 5) is 17.0. The molecule has 0 saturated carbocycles. The van der Waals surface area contributed by atoms with Crippen molar-refractivity contribution in [2.75, 3.05) is 0 Å². The van der Waals surface area contributed by atoms with E-state index in [0.717, 1.165) is 5.56 Å². The second kappa shape index (κ2) is 5.81. The van der Waals surface area contributed by atoms with Gasteiger partial charge in [-0.05, 0) is 29.8 Å². The maximum absolute atomic E-state index is 12.6. The van der Waals surface area contributed by atoms with Crippen LogP contribution in [0.5, 0.6) is 0 Å².